The van der Waals surface area contributed by atoms with Crippen LogP contribution in [0.3, 0.4) is 0 Å². The first-order valence-electron chi connectivity index (χ1n) is 8.63. The van der Waals surface area contributed by atoms with Crippen LogP contribution in [0.2, 0.25) is 0 Å². The van der Waals surface area contributed by atoms with Crippen molar-refractivity contribution in [1.29, 1.82) is 0 Å². The van der Waals surface area contributed by atoms with Gasteiger partial charge in [-0.05, 0) is 32.0 Å². The summed E-state index contributed by atoms with van der Waals surface area (Å²) in [6.07, 6.45) is 0. The van der Waals surface area contributed by atoms with Crippen LogP contribution in [-0.2, 0) is 4.79 Å². The minimum Gasteiger partial charge on any atom is -0.496 e. The molecule has 0 aliphatic carbocycles. The molecular weight excluding hydrogens is 376 g/mol. The van der Waals surface area contributed by atoms with Crippen LogP contribution < -0.4 is 15.4 Å². The van der Waals surface area contributed by atoms with Gasteiger partial charge in [0.25, 0.3) is 5.91 Å². The number of nitrogens with one attached hydrogen (secondary N) is 2. The fraction of sp³-hybridized carbons (Fsp3) is 0.200. The molecule has 3 aromatic rings. The number of hydrogen-bond donors (Lipinski definition) is 2. The molecule has 1 aromatic heterocycles. The quantitative estimate of drug-likeness (QED) is 0.667. The van der Waals surface area contributed by atoms with E-state index >= 15 is 0 Å². The van der Waals surface area contributed by atoms with Gasteiger partial charge >= 0.3 is 0 Å². The number of aryl methyl sites for hydroxylation is 1. The van der Waals surface area contributed by atoms with Crippen LogP contribution >= 0.6 is 11.3 Å². The Morgan fingerprint density at radius 3 is 2.64 bits per heavy atom. The molecule has 7 nitrogen and oxygen atoms in total. The molecule has 0 saturated heterocycles. The summed E-state index contributed by atoms with van der Waals surface area (Å²) in [5, 5.41) is 14.6. The number of ether oxygens (including phenoxy) is 1. The molecule has 144 valence electrons. The van der Waals surface area contributed by atoms with Crippen molar-refractivity contribution in [3.63, 3.8) is 0 Å². The number of methoxy groups -OCH3 is 1. The topological polar surface area (TPSA) is 93.2 Å². The van der Waals surface area contributed by atoms with Gasteiger partial charge in [0, 0.05) is 5.56 Å². The van der Waals surface area contributed by atoms with E-state index in [1.165, 1.54) is 18.4 Å². The molecular formula is C20H20N4O3S. The molecule has 0 unspecified atom stereocenters. The maximum Gasteiger partial charge on any atom is 0.255 e. The Bertz CT molecular complexity index is 1000. The Balaban J connectivity index is 1.64. The average Bonchev–Trinajstić information content (AvgIpc) is 3.16. The minimum absolute atomic E-state index is 0.363. The Kier molecular flexibility index (Phi) is 6.00. The zero-order chi connectivity index (χ0) is 20.1. The molecule has 0 aliphatic rings. The summed E-state index contributed by atoms with van der Waals surface area (Å²) >= 11 is 1.27. The molecule has 2 N–H and O–H groups in total. The van der Waals surface area contributed by atoms with E-state index in [9.17, 15) is 9.59 Å². The number of amides is 2. The van der Waals surface area contributed by atoms with Crippen LogP contribution in [0.1, 0.15) is 22.8 Å². The highest BCUT2D eigenvalue weighted by Crippen LogP contribution is 2.26. The highest BCUT2D eigenvalue weighted by Gasteiger charge is 2.20. The molecule has 28 heavy (non-hydrogen) atoms. The molecule has 0 radical (unpaired) electrons. The molecule has 1 atom stereocenters. The van der Waals surface area contributed by atoms with Crippen LogP contribution in [0.5, 0.6) is 5.75 Å². The average molecular weight is 396 g/mol. The van der Waals surface area contributed by atoms with Gasteiger partial charge in [0.1, 0.15) is 16.8 Å². The lowest BCUT2D eigenvalue weighted by molar-refractivity contribution is -0.117. The summed E-state index contributed by atoms with van der Waals surface area (Å²) in [6.45, 7) is 3.60. The number of para-hydroxylation sites is 1. The second-order valence-electron chi connectivity index (χ2n) is 6.17. The molecule has 0 bridgehead atoms. The summed E-state index contributed by atoms with van der Waals surface area (Å²) in [4.78, 5) is 24.8. The summed E-state index contributed by atoms with van der Waals surface area (Å²) in [5.74, 6) is -0.326. The van der Waals surface area contributed by atoms with Crippen molar-refractivity contribution in [3.05, 3.63) is 59.7 Å². The Labute approximate surface area is 166 Å². The largest absolute Gasteiger partial charge is 0.496 e. The van der Waals surface area contributed by atoms with Gasteiger partial charge in [-0.15, -0.1) is 10.2 Å². The lowest BCUT2D eigenvalue weighted by Crippen LogP contribution is -2.41. The molecule has 1 heterocycles. The van der Waals surface area contributed by atoms with E-state index < -0.39 is 11.9 Å². The normalized spacial score (nSPS) is 11.5. The summed E-state index contributed by atoms with van der Waals surface area (Å²) in [5.41, 5.74) is 2.42. The number of nitrogens with zero attached hydrogens (tertiary/aromatic N) is 2. The molecule has 0 aliphatic heterocycles. The van der Waals surface area contributed by atoms with E-state index in [0.717, 1.165) is 11.1 Å². The molecule has 8 heteroatoms. The number of aromatic nitrogens is 2. The van der Waals surface area contributed by atoms with Crippen LogP contribution in [-0.4, -0.2) is 35.2 Å². The molecule has 0 spiro atoms. The van der Waals surface area contributed by atoms with Crippen molar-refractivity contribution < 1.29 is 14.3 Å². The number of rotatable bonds is 6. The van der Waals surface area contributed by atoms with Crippen LogP contribution in [0.4, 0.5) is 5.13 Å². The molecule has 0 fully saturated rings. The highest BCUT2D eigenvalue weighted by molar-refractivity contribution is 7.18. The van der Waals surface area contributed by atoms with Crippen LogP contribution in [0.25, 0.3) is 10.6 Å². The third-order valence-corrected chi connectivity index (χ3v) is 4.90. The molecule has 2 amide bonds. The van der Waals surface area contributed by atoms with E-state index in [2.05, 4.69) is 20.8 Å². The van der Waals surface area contributed by atoms with Crippen LogP contribution in [0.15, 0.2) is 48.5 Å². The van der Waals surface area contributed by atoms with Crippen molar-refractivity contribution in [3.8, 4) is 16.3 Å². The number of carbonyl (C=O) groups is 2. The predicted octanol–water partition coefficient (Wildman–Crippen LogP) is 3.28. The second kappa shape index (κ2) is 8.62. The first-order chi connectivity index (χ1) is 13.5. The Morgan fingerprint density at radius 2 is 1.89 bits per heavy atom. The fourth-order valence-electron chi connectivity index (χ4n) is 2.55. The standard InChI is InChI=1S/C20H20N4O3S/c1-12-7-6-8-14(11-12)19-23-24-20(28-19)22-17(25)13(2)21-18(26)15-9-4-5-10-16(15)27-3/h4-11,13H,1-3H3,(H,21,26)(H,22,24,25)/t13-/m0/s1. The number of carbonyl (C=O) groups excluding carboxylic acids is 2. The first kappa shape index (κ1) is 19.5. The van der Waals surface area contributed by atoms with E-state index in [0.29, 0.717) is 21.5 Å². The third kappa shape index (κ3) is 4.52. The smallest absolute Gasteiger partial charge is 0.255 e. The predicted molar refractivity (Wildman–Crippen MR) is 109 cm³/mol. The SMILES string of the molecule is COc1ccccc1C(=O)N[C@@H](C)C(=O)Nc1nnc(-c2cccc(C)c2)s1. The third-order valence-electron chi connectivity index (χ3n) is 4.01. The first-order valence-corrected chi connectivity index (χ1v) is 9.45. The Morgan fingerprint density at radius 1 is 1.11 bits per heavy atom. The van der Waals surface area contributed by atoms with Gasteiger partial charge in [-0.3, -0.25) is 14.9 Å². The second-order valence-corrected chi connectivity index (χ2v) is 7.14. The van der Waals surface area contributed by atoms with Gasteiger partial charge < -0.3 is 10.1 Å². The number of hydrogen-bond acceptors (Lipinski definition) is 6. The fourth-order valence-corrected chi connectivity index (χ4v) is 3.30. The highest BCUT2D eigenvalue weighted by atomic mass is 32.1. The van der Waals surface area contributed by atoms with Crippen molar-refractivity contribution in [1.82, 2.24) is 15.5 Å². The van der Waals surface area contributed by atoms with Crippen molar-refractivity contribution in [2.24, 2.45) is 0 Å². The zero-order valence-electron chi connectivity index (χ0n) is 15.7. The van der Waals surface area contributed by atoms with Gasteiger partial charge in [0.05, 0.1) is 12.7 Å². The van der Waals surface area contributed by atoms with E-state index in [-0.39, 0.29) is 5.91 Å². The minimum atomic E-state index is -0.760. The summed E-state index contributed by atoms with van der Waals surface area (Å²) in [6, 6.07) is 14.0. The maximum atomic E-state index is 12.4. The maximum absolute atomic E-state index is 12.4. The van der Waals surface area contributed by atoms with Gasteiger partial charge in [-0.2, -0.15) is 0 Å². The van der Waals surface area contributed by atoms with E-state index in [4.69, 9.17) is 4.74 Å². The number of benzene rings is 2. The van der Waals surface area contributed by atoms with Gasteiger partial charge in [-0.1, -0.05) is 47.2 Å². The zero-order valence-corrected chi connectivity index (χ0v) is 16.5. The van der Waals surface area contributed by atoms with Gasteiger partial charge in [0.15, 0.2) is 0 Å². The van der Waals surface area contributed by atoms with Crippen molar-refractivity contribution in [2.45, 2.75) is 19.9 Å². The number of anilines is 1. The molecule has 3 rings (SSSR count). The van der Waals surface area contributed by atoms with Crippen LogP contribution in [0, 0.1) is 6.92 Å². The molecule has 0 saturated carbocycles. The summed E-state index contributed by atoms with van der Waals surface area (Å²) < 4.78 is 5.18. The van der Waals surface area contributed by atoms with Gasteiger partial charge in [-0.25, -0.2) is 0 Å². The lowest BCUT2D eigenvalue weighted by atomic mass is 10.1. The summed E-state index contributed by atoms with van der Waals surface area (Å²) in [7, 11) is 1.49. The Hall–Kier alpha value is -3.26. The van der Waals surface area contributed by atoms with Gasteiger partial charge in [0.2, 0.25) is 11.0 Å². The van der Waals surface area contributed by atoms with Crippen molar-refractivity contribution in [2.75, 3.05) is 12.4 Å². The van der Waals surface area contributed by atoms with Crippen molar-refractivity contribution >= 4 is 28.3 Å². The van der Waals surface area contributed by atoms with E-state index in [1.807, 2.05) is 31.2 Å². The van der Waals surface area contributed by atoms with E-state index in [1.54, 1.807) is 31.2 Å². The molecule has 2 aromatic carbocycles. The monoisotopic (exact) mass is 396 g/mol. The lowest BCUT2D eigenvalue weighted by Gasteiger charge is -2.14.